The van der Waals surface area contributed by atoms with Gasteiger partial charge in [0.1, 0.15) is 17.5 Å². The number of amides is 1. The number of ether oxygens (including phenoxy) is 1. The molecule has 1 amide bonds. The Kier molecular flexibility index (Phi) is 8.81. The number of anilines is 2. The van der Waals surface area contributed by atoms with Crippen LogP contribution in [0.4, 0.5) is 24.5 Å². The molecule has 0 bridgehead atoms. The third kappa shape index (κ3) is 7.38. The van der Waals surface area contributed by atoms with Crippen molar-refractivity contribution >= 4 is 38.9 Å². The Bertz CT molecular complexity index is 1410. The standard InChI is InChI=1S/C27H28ClF3N4O4S/c1-40(37,38)35(22-8-12-24(13-9-22)39-23-10-2-19(3-11-23)27(29,30)31)18-25(26(32)36)34-16-14-33(15-17-34)21-6-4-20(28)5-7-21/h2-13,25H,14-18H2,1H3,(H2,32,36)/t25-/m0/s1. The van der Waals surface area contributed by atoms with Gasteiger partial charge in [0.2, 0.25) is 15.9 Å². The molecule has 0 radical (unpaired) electrons. The van der Waals surface area contributed by atoms with E-state index in [2.05, 4.69) is 4.90 Å². The maximum atomic E-state index is 12.8. The van der Waals surface area contributed by atoms with E-state index in [9.17, 15) is 26.4 Å². The van der Waals surface area contributed by atoms with Gasteiger partial charge < -0.3 is 15.4 Å². The molecule has 1 aliphatic rings. The molecular weight excluding hydrogens is 569 g/mol. The summed E-state index contributed by atoms with van der Waals surface area (Å²) in [5.41, 5.74) is 6.21. The Labute approximate surface area is 235 Å². The molecule has 214 valence electrons. The fraction of sp³-hybridized carbons (Fsp3) is 0.296. The maximum absolute atomic E-state index is 12.8. The van der Waals surface area contributed by atoms with Crippen molar-refractivity contribution in [1.82, 2.24) is 4.90 Å². The highest BCUT2D eigenvalue weighted by atomic mass is 35.5. The van der Waals surface area contributed by atoms with E-state index in [1.807, 2.05) is 17.0 Å². The second-order valence-corrected chi connectivity index (χ2v) is 11.7. The number of nitrogens with two attached hydrogens (primary N) is 1. The zero-order chi connectivity index (χ0) is 29.1. The molecule has 4 rings (SSSR count). The van der Waals surface area contributed by atoms with E-state index in [0.717, 1.165) is 28.4 Å². The summed E-state index contributed by atoms with van der Waals surface area (Å²) in [4.78, 5) is 16.5. The van der Waals surface area contributed by atoms with Crippen LogP contribution in [0.2, 0.25) is 5.02 Å². The minimum absolute atomic E-state index is 0.186. The molecule has 1 saturated heterocycles. The second-order valence-electron chi connectivity index (χ2n) is 9.33. The Morgan fingerprint density at radius 1 is 0.950 bits per heavy atom. The molecule has 13 heteroatoms. The van der Waals surface area contributed by atoms with Crippen LogP contribution in [0.25, 0.3) is 0 Å². The lowest BCUT2D eigenvalue weighted by atomic mass is 10.1. The van der Waals surface area contributed by atoms with Gasteiger partial charge in [0.15, 0.2) is 0 Å². The quantitative estimate of drug-likeness (QED) is 0.388. The zero-order valence-corrected chi connectivity index (χ0v) is 23.1. The van der Waals surface area contributed by atoms with Crippen LogP contribution in [0, 0.1) is 0 Å². The van der Waals surface area contributed by atoms with Gasteiger partial charge in [-0.3, -0.25) is 14.0 Å². The molecule has 8 nitrogen and oxygen atoms in total. The van der Waals surface area contributed by atoms with Crippen LogP contribution in [0.1, 0.15) is 5.56 Å². The Morgan fingerprint density at radius 2 is 1.48 bits per heavy atom. The fourth-order valence-corrected chi connectivity index (χ4v) is 5.49. The number of benzene rings is 3. The SMILES string of the molecule is CS(=O)(=O)N(C[C@@H](C(N)=O)N1CCN(c2ccc(Cl)cc2)CC1)c1ccc(Oc2ccc(C(F)(F)F)cc2)cc1. The lowest BCUT2D eigenvalue weighted by molar-refractivity contribution is -0.137. The lowest BCUT2D eigenvalue weighted by Crippen LogP contribution is -2.58. The minimum atomic E-state index is -4.46. The molecule has 1 aliphatic heterocycles. The number of hydrogen-bond donors (Lipinski definition) is 1. The predicted molar refractivity (Wildman–Crippen MR) is 148 cm³/mol. The third-order valence-corrected chi connectivity index (χ3v) is 7.97. The second kappa shape index (κ2) is 11.9. The first kappa shape index (κ1) is 29.5. The van der Waals surface area contributed by atoms with Crippen LogP contribution in [0.15, 0.2) is 72.8 Å². The van der Waals surface area contributed by atoms with Gasteiger partial charge in [-0.25, -0.2) is 8.42 Å². The predicted octanol–water partition coefficient (Wildman–Crippen LogP) is 4.59. The van der Waals surface area contributed by atoms with Gasteiger partial charge in [-0.15, -0.1) is 0 Å². The largest absolute Gasteiger partial charge is 0.457 e. The van der Waals surface area contributed by atoms with Crippen LogP contribution in [-0.4, -0.2) is 64.2 Å². The van der Waals surface area contributed by atoms with E-state index in [1.165, 1.54) is 36.4 Å². The first-order valence-electron chi connectivity index (χ1n) is 12.3. The van der Waals surface area contributed by atoms with Crippen LogP contribution in [-0.2, 0) is 21.0 Å². The van der Waals surface area contributed by atoms with Gasteiger partial charge >= 0.3 is 6.18 Å². The van der Waals surface area contributed by atoms with Gasteiger partial charge in [0.25, 0.3) is 0 Å². The van der Waals surface area contributed by atoms with Gasteiger partial charge in [-0.2, -0.15) is 13.2 Å². The number of halogens is 4. The summed E-state index contributed by atoms with van der Waals surface area (Å²) in [6.07, 6.45) is -3.42. The molecule has 1 heterocycles. The smallest absolute Gasteiger partial charge is 0.416 e. The Balaban J connectivity index is 1.45. The highest BCUT2D eigenvalue weighted by molar-refractivity contribution is 7.92. The van der Waals surface area contributed by atoms with Crippen molar-refractivity contribution in [2.45, 2.75) is 12.2 Å². The zero-order valence-electron chi connectivity index (χ0n) is 21.5. The molecular formula is C27H28ClF3N4O4S. The van der Waals surface area contributed by atoms with Crippen molar-refractivity contribution in [1.29, 1.82) is 0 Å². The van der Waals surface area contributed by atoms with E-state index < -0.39 is 33.7 Å². The van der Waals surface area contributed by atoms with Crippen molar-refractivity contribution < 1.29 is 31.1 Å². The number of primary amides is 1. The van der Waals surface area contributed by atoms with E-state index in [-0.39, 0.29) is 18.0 Å². The van der Waals surface area contributed by atoms with Crippen LogP contribution < -0.4 is 19.7 Å². The molecule has 2 N–H and O–H groups in total. The highest BCUT2D eigenvalue weighted by Crippen LogP contribution is 2.32. The first-order chi connectivity index (χ1) is 18.8. The normalized spacial score (nSPS) is 15.5. The molecule has 3 aromatic rings. The maximum Gasteiger partial charge on any atom is 0.416 e. The molecule has 0 saturated carbocycles. The number of alkyl halides is 3. The van der Waals surface area contributed by atoms with Crippen LogP contribution in [0.5, 0.6) is 11.5 Å². The van der Waals surface area contributed by atoms with Crippen molar-refractivity contribution in [2.24, 2.45) is 5.73 Å². The van der Waals surface area contributed by atoms with E-state index in [4.69, 9.17) is 22.1 Å². The molecule has 1 atom stereocenters. The number of carbonyl (C=O) groups excluding carboxylic acids is 1. The molecule has 1 fully saturated rings. The summed E-state index contributed by atoms with van der Waals surface area (Å²) in [6.45, 7) is 2.02. The Hall–Kier alpha value is -3.48. The molecule has 0 unspecified atom stereocenters. The molecule has 0 spiro atoms. The summed E-state index contributed by atoms with van der Waals surface area (Å²) in [5.74, 6) is -0.162. The van der Waals surface area contributed by atoms with Crippen molar-refractivity contribution in [2.75, 3.05) is 48.2 Å². The van der Waals surface area contributed by atoms with Gasteiger partial charge in [0.05, 0.1) is 24.1 Å². The van der Waals surface area contributed by atoms with Crippen LogP contribution >= 0.6 is 11.6 Å². The van der Waals surface area contributed by atoms with Gasteiger partial charge in [0, 0.05) is 36.9 Å². The van der Waals surface area contributed by atoms with Gasteiger partial charge in [-0.05, 0) is 72.8 Å². The van der Waals surface area contributed by atoms with Crippen molar-refractivity contribution in [3.63, 3.8) is 0 Å². The molecule has 0 aromatic heterocycles. The Morgan fingerprint density at radius 3 is 1.95 bits per heavy atom. The first-order valence-corrected chi connectivity index (χ1v) is 14.5. The summed E-state index contributed by atoms with van der Waals surface area (Å²) < 4.78 is 70.6. The number of sulfonamides is 1. The van der Waals surface area contributed by atoms with Gasteiger partial charge in [-0.1, -0.05) is 11.6 Å². The molecule has 3 aromatic carbocycles. The number of hydrogen-bond acceptors (Lipinski definition) is 6. The number of nitrogens with zero attached hydrogens (tertiary/aromatic N) is 3. The summed E-state index contributed by atoms with van der Waals surface area (Å²) in [7, 11) is -3.80. The summed E-state index contributed by atoms with van der Waals surface area (Å²) in [5, 5.41) is 0.635. The monoisotopic (exact) mass is 596 g/mol. The average Bonchev–Trinajstić information content (AvgIpc) is 2.89. The number of carbonyl (C=O) groups is 1. The van der Waals surface area contributed by atoms with E-state index >= 15 is 0 Å². The van der Waals surface area contributed by atoms with Crippen molar-refractivity contribution in [3.05, 3.63) is 83.4 Å². The highest BCUT2D eigenvalue weighted by Gasteiger charge is 2.32. The number of piperazine rings is 1. The fourth-order valence-electron chi connectivity index (χ4n) is 4.45. The number of rotatable bonds is 9. The van der Waals surface area contributed by atoms with Crippen LogP contribution in [0.3, 0.4) is 0 Å². The lowest BCUT2D eigenvalue weighted by Gasteiger charge is -2.40. The molecule has 40 heavy (non-hydrogen) atoms. The van der Waals surface area contributed by atoms with E-state index in [0.29, 0.717) is 37.0 Å². The third-order valence-electron chi connectivity index (χ3n) is 6.56. The van der Waals surface area contributed by atoms with E-state index in [1.54, 1.807) is 12.1 Å². The van der Waals surface area contributed by atoms with Crippen molar-refractivity contribution in [3.8, 4) is 11.5 Å². The topological polar surface area (TPSA) is 96.2 Å². The minimum Gasteiger partial charge on any atom is -0.457 e. The summed E-state index contributed by atoms with van der Waals surface area (Å²) in [6, 6.07) is 16.8. The average molecular weight is 597 g/mol. The summed E-state index contributed by atoms with van der Waals surface area (Å²) >= 11 is 5.98. The molecule has 0 aliphatic carbocycles.